The third kappa shape index (κ3) is 2.80. The molecule has 2 atom stereocenters. The Bertz CT molecular complexity index is 379. The van der Waals surface area contributed by atoms with Crippen LogP contribution in [0.15, 0.2) is 22.8 Å². The summed E-state index contributed by atoms with van der Waals surface area (Å²) < 4.78 is 0.897. The lowest BCUT2D eigenvalue weighted by molar-refractivity contribution is -0.119. The molecule has 0 spiro atoms. The molecule has 1 aliphatic carbocycles. The standard InChI is InChI=1S/C11H14BrN3O/c12-8-2-4-10(14-6-8)15-11(16)7-1-3-9(13)5-7/h2,4,6-7,9H,1,3,5,13H2,(H,14,15,16). The molecule has 0 aromatic carbocycles. The average Bonchev–Trinajstić information content (AvgIpc) is 2.68. The predicted octanol–water partition coefficient (Wildman–Crippen LogP) is 1.91. The minimum absolute atomic E-state index is 0.0303. The molecule has 1 amide bonds. The van der Waals surface area contributed by atoms with E-state index in [1.807, 2.05) is 6.07 Å². The Morgan fingerprint density at radius 1 is 1.50 bits per heavy atom. The van der Waals surface area contributed by atoms with Crippen molar-refractivity contribution in [2.45, 2.75) is 25.3 Å². The van der Waals surface area contributed by atoms with Crippen molar-refractivity contribution in [3.8, 4) is 0 Å². The van der Waals surface area contributed by atoms with E-state index >= 15 is 0 Å². The van der Waals surface area contributed by atoms with Crippen LogP contribution >= 0.6 is 15.9 Å². The number of rotatable bonds is 2. The van der Waals surface area contributed by atoms with E-state index in [1.165, 1.54) is 0 Å². The van der Waals surface area contributed by atoms with Crippen LogP contribution in [0.3, 0.4) is 0 Å². The Morgan fingerprint density at radius 2 is 2.31 bits per heavy atom. The van der Waals surface area contributed by atoms with Crippen LogP contribution in [0, 0.1) is 5.92 Å². The van der Waals surface area contributed by atoms with E-state index in [9.17, 15) is 4.79 Å². The van der Waals surface area contributed by atoms with Gasteiger partial charge in [0.05, 0.1) is 0 Å². The number of halogens is 1. The molecule has 4 nitrogen and oxygen atoms in total. The maximum absolute atomic E-state index is 11.8. The van der Waals surface area contributed by atoms with Gasteiger partial charge in [0.25, 0.3) is 0 Å². The lowest BCUT2D eigenvalue weighted by Crippen LogP contribution is -2.23. The van der Waals surface area contributed by atoms with Crippen molar-refractivity contribution in [3.05, 3.63) is 22.8 Å². The van der Waals surface area contributed by atoms with Gasteiger partial charge in [-0.3, -0.25) is 4.79 Å². The summed E-state index contributed by atoms with van der Waals surface area (Å²) in [5, 5.41) is 2.81. The summed E-state index contributed by atoms with van der Waals surface area (Å²) in [6.45, 7) is 0. The minimum atomic E-state index is 0.0303. The number of hydrogen-bond acceptors (Lipinski definition) is 3. The Hall–Kier alpha value is -0.940. The maximum atomic E-state index is 11.8. The van der Waals surface area contributed by atoms with Gasteiger partial charge in [-0.05, 0) is 47.3 Å². The monoisotopic (exact) mass is 283 g/mol. The highest BCUT2D eigenvalue weighted by molar-refractivity contribution is 9.10. The Kier molecular flexibility index (Phi) is 3.56. The summed E-state index contributed by atoms with van der Waals surface area (Å²) in [6, 6.07) is 3.80. The largest absolute Gasteiger partial charge is 0.328 e. The van der Waals surface area contributed by atoms with Crippen LogP contribution in [0.1, 0.15) is 19.3 Å². The molecule has 16 heavy (non-hydrogen) atoms. The van der Waals surface area contributed by atoms with Crippen LogP contribution in [0.4, 0.5) is 5.82 Å². The first-order valence-electron chi connectivity index (χ1n) is 5.33. The number of hydrogen-bond donors (Lipinski definition) is 2. The number of amides is 1. The molecule has 1 saturated carbocycles. The molecule has 5 heteroatoms. The second kappa shape index (κ2) is 4.93. The molecule has 1 heterocycles. The van der Waals surface area contributed by atoms with Gasteiger partial charge in [-0.2, -0.15) is 0 Å². The van der Waals surface area contributed by atoms with Crippen LogP contribution < -0.4 is 11.1 Å². The highest BCUT2D eigenvalue weighted by Gasteiger charge is 2.27. The van der Waals surface area contributed by atoms with Gasteiger partial charge in [0.15, 0.2) is 0 Å². The second-order valence-electron chi connectivity index (χ2n) is 4.12. The van der Waals surface area contributed by atoms with E-state index in [1.54, 1.807) is 12.3 Å². The minimum Gasteiger partial charge on any atom is -0.328 e. The molecule has 1 aromatic rings. The first kappa shape index (κ1) is 11.5. The van der Waals surface area contributed by atoms with Gasteiger partial charge in [-0.25, -0.2) is 4.98 Å². The van der Waals surface area contributed by atoms with Crippen molar-refractivity contribution in [1.29, 1.82) is 0 Å². The molecular formula is C11H14BrN3O. The number of carbonyl (C=O) groups is 1. The zero-order valence-electron chi connectivity index (χ0n) is 8.82. The van der Waals surface area contributed by atoms with Crippen LogP contribution in [0.5, 0.6) is 0 Å². The third-order valence-corrected chi connectivity index (χ3v) is 3.29. The van der Waals surface area contributed by atoms with Gasteiger partial charge < -0.3 is 11.1 Å². The summed E-state index contributed by atoms with van der Waals surface area (Å²) in [5.41, 5.74) is 5.77. The molecule has 86 valence electrons. The van der Waals surface area contributed by atoms with Crippen molar-refractivity contribution >= 4 is 27.7 Å². The van der Waals surface area contributed by atoms with E-state index in [0.29, 0.717) is 5.82 Å². The van der Waals surface area contributed by atoms with Crippen LogP contribution in [0.2, 0.25) is 0 Å². The molecule has 1 aliphatic rings. The highest BCUT2D eigenvalue weighted by atomic mass is 79.9. The van der Waals surface area contributed by atoms with E-state index in [4.69, 9.17) is 5.73 Å². The molecular weight excluding hydrogens is 270 g/mol. The van der Waals surface area contributed by atoms with Crippen LogP contribution in [0.25, 0.3) is 0 Å². The number of nitrogens with two attached hydrogens (primary N) is 1. The first-order chi connectivity index (χ1) is 7.65. The van der Waals surface area contributed by atoms with Gasteiger partial charge in [0.2, 0.25) is 5.91 Å². The summed E-state index contributed by atoms with van der Waals surface area (Å²) in [7, 11) is 0. The highest BCUT2D eigenvalue weighted by Crippen LogP contribution is 2.25. The number of anilines is 1. The van der Waals surface area contributed by atoms with Crippen molar-refractivity contribution in [1.82, 2.24) is 4.98 Å². The topological polar surface area (TPSA) is 68.0 Å². The number of carbonyl (C=O) groups excluding carboxylic acids is 1. The molecule has 1 aromatic heterocycles. The predicted molar refractivity (Wildman–Crippen MR) is 65.9 cm³/mol. The summed E-state index contributed by atoms with van der Waals surface area (Å²) >= 11 is 3.29. The van der Waals surface area contributed by atoms with Crippen LogP contribution in [-0.2, 0) is 4.79 Å². The third-order valence-electron chi connectivity index (χ3n) is 2.82. The van der Waals surface area contributed by atoms with Crippen molar-refractivity contribution in [2.24, 2.45) is 11.7 Å². The molecule has 0 aliphatic heterocycles. The van der Waals surface area contributed by atoms with Crippen molar-refractivity contribution in [2.75, 3.05) is 5.32 Å². The lowest BCUT2D eigenvalue weighted by Gasteiger charge is -2.09. The van der Waals surface area contributed by atoms with Gasteiger partial charge in [-0.15, -0.1) is 0 Å². The Balaban J connectivity index is 1.94. The van der Waals surface area contributed by atoms with Crippen LogP contribution in [-0.4, -0.2) is 16.9 Å². The number of nitrogens with zero attached hydrogens (tertiary/aromatic N) is 1. The fourth-order valence-corrected chi connectivity index (χ4v) is 2.17. The molecule has 1 fully saturated rings. The fraction of sp³-hybridized carbons (Fsp3) is 0.455. The lowest BCUT2D eigenvalue weighted by atomic mass is 10.1. The van der Waals surface area contributed by atoms with Gasteiger partial charge in [-0.1, -0.05) is 0 Å². The quantitative estimate of drug-likeness (QED) is 0.871. The molecule has 0 saturated heterocycles. The number of aromatic nitrogens is 1. The zero-order chi connectivity index (χ0) is 11.5. The number of pyridine rings is 1. The fourth-order valence-electron chi connectivity index (χ4n) is 1.93. The number of nitrogens with one attached hydrogen (secondary N) is 1. The smallest absolute Gasteiger partial charge is 0.228 e. The first-order valence-corrected chi connectivity index (χ1v) is 6.12. The van der Waals surface area contributed by atoms with Gasteiger partial charge in [0.1, 0.15) is 5.82 Å². The van der Waals surface area contributed by atoms with E-state index < -0.39 is 0 Å². The van der Waals surface area contributed by atoms with E-state index in [0.717, 1.165) is 23.7 Å². The SMILES string of the molecule is NC1CCC(C(=O)Nc2ccc(Br)cn2)C1. The molecule has 2 unspecified atom stereocenters. The average molecular weight is 284 g/mol. The molecule has 0 radical (unpaired) electrons. The van der Waals surface area contributed by atoms with E-state index in [-0.39, 0.29) is 17.9 Å². The molecule has 3 N–H and O–H groups in total. The summed E-state index contributed by atoms with van der Waals surface area (Å²) in [4.78, 5) is 15.9. The normalized spacial score (nSPS) is 24.4. The van der Waals surface area contributed by atoms with Gasteiger partial charge >= 0.3 is 0 Å². The molecule has 0 bridgehead atoms. The second-order valence-corrected chi connectivity index (χ2v) is 5.04. The maximum Gasteiger partial charge on any atom is 0.228 e. The summed E-state index contributed by atoms with van der Waals surface area (Å²) in [6.07, 6.45) is 4.26. The zero-order valence-corrected chi connectivity index (χ0v) is 10.4. The van der Waals surface area contributed by atoms with E-state index in [2.05, 4.69) is 26.2 Å². The van der Waals surface area contributed by atoms with Gasteiger partial charge in [0, 0.05) is 22.6 Å². The Labute approximate surface area is 103 Å². The summed E-state index contributed by atoms with van der Waals surface area (Å²) in [5.74, 6) is 0.664. The molecule has 2 rings (SSSR count). The Morgan fingerprint density at radius 3 is 2.88 bits per heavy atom. The van der Waals surface area contributed by atoms with Crippen molar-refractivity contribution < 1.29 is 4.79 Å². The van der Waals surface area contributed by atoms with Crippen molar-refractivity contribution in [3.63, 3.8) is 0 Å².